The van der Waals surface area contributed by atoms with Gasteiger partial charge < -0.3 is 24.8 Å². The maximum atomic E-state index is 6.02. The predicted molar refractivity (Wildman–Crippen MR) is 82.3 cm³/mol. The number of nitrogens with zero attached hydrogens (tertiary/aromatic N) is 2. The third-order valence-electron chi connectivity index (χ3n) is 3.67. The van der Waals surface area contributed by atoms with Crippen molar-refractivity contribution in [2.75, 3.05) is 27.9 Å². The van der Waals surface area contributed by atoms with Crippen LogP contribution >= 0.6 is 0 Å². The van der Waals surface area contributed by atoms with Crippen molar-refractivity contribution < 1.29 is 14.2 Å². The Hall–Kier alpha value is -2.11. The number of methoxy groups -OCH3 is 3. The summed E-state index contributed by atoms with van der Waals surface area (Å²) >= 11 is 0. The Bertz CT molecular complexity index is 518. The summed E-state index contributed by atoms with van der Waals surface area (Å²) in [6.07, 6.45) is 0. The van der Waals surface area contributed by atoms with Gasteiger partial charge in [-0.05, 0) is 13.8 Å². The van der Waals surface area contributed by atoms with Crippen LogP contribution in [0.3, 0.4) is 0 Å². The van der Waals surface area contributed by atoms with Crippen molar-refractivity contribution in [2.45, 2.75) is 25.9 Å². The molecule has 1 atom stereocenters. The van der Waals surface area contributed by atoms with E-state index in [4.69, 9.17) is 19.9 Å². The van der Waals surface area contributed by atoms with E-state index < -0.39 is 0 Å². The lowest BCUT2D eigenvalue weighted by molar-refractivity contribution is 0.272. The number of ether oxygens (including phenoxy) is 3. The summed E-state index contributed by atoms with van der Waals surface area (Å²) in [5.41, 5.74) is 6.96. The standard InChI is InChI=1S/C15H23N3O3/c1-9(2)18-11(8-17-15(18)16)14-12(20-4)6-10(19-3)7-13(14)21-5/h6-7,9,11H,8H2,1-5H3,(H2,16,17). The summed E-state index contributed by atoms with van der Waals surface area (Å²) in [7, 11) is 4.89. The third kappa shape index (κ3) is 2.70. The number of rotatable bonds is 5. The molecule has 1 unspecified atom stereocenters. The zero-order valence-corrected chi connectivity index (χ0v) is 13.2. The Morgan fingerprint density at radius 3 is 2.14 bits per heavy atom. The second-order valence-corrected chi connectivity index (χ2v) is 5.16. The fraction of sp³-hybridized carbons (Fsp3) is 0.533. The molecule has 2 rings (SSSR count). The van der Waals surface area contributed by atoms with Crippen LogP contribution in [-0.2, 0) is 0 Å². The van der Waals surface area contributed by atoms with Gasteiger partial charge in [-0.2, -0.15) is 0 Å². The minimum atomic E-state index is 0.000746. The van der Waals surface area contributed by atoms with Crippen molar-refractivity contribution in [3.05, 3.63) is 17.7 Å². The van der Waals surface area contributed by atoms with E-state index in [0.29, 0.717) is 29.8 Å². The normalized spacial score (nSPS) is 17.9. The van der Waals surface area contributed by atoms with E-state index in [0.717, 1.165) is 5.56 Å². The first-order valence-electron chi connectivity index (χ1n) is 6.91. The van der Waals surface area contributed by atoms with E-state index >= 15 is 0 Å². The van der Waals surface area contributed by atoms with Crippen LogP contribution in [0.5, 0.6) is 17.2 Å². The van der Waals surface area contributed by atoms with Gasteiger partial charge in [0.15, 0.2) is 5.96 Å². The minimum absolute atomic E-state index is 0.000746. The molecule has 1 aromatic rings. The lowest BCUT2D eigenvalue weighted by atomic mass is 10.0. The van der Waals surface area contributed by atoms with Gasteiger partial charge in [-0.15, -0.1) is 0 Å². The van der Waals surface area contributed by atoms with Crippen molar-refractivity contribution in [3.63, 3.8) is 0 Å². The Balaban J connectivity index is 2.52. The van der Waals surface area contributed by atoms with Gasteiger partial charge in [-0.1, -0.05) is 0 Å². The lowest BCUT2D eigenvalue weighted by Gasteiger charge is -2.32. The van der Waals surface area contributed by atoms with Crippen LogP contribution in [-0.4, -0.2) is 44.8 Å². The van der Waals surface area contributed by atoms with E-state index in [-0.39, 0.29) is 12.1 Å². The van der Waals surface area contributed by atoms with Crippen LogP contribution in [0.2, 0.25) is 0 Å². The quantitative estimate of drug-likeness (QED) is 0.896. The molecule has 2 N–H and O–H groups in total. The average molecular weight is 293 g/mol. The molecule has 0 fully saturated rings. The number of aliphatic imine (C=N–C) groups is 1. The summed E-state index contributed by atoms with van der Waals surface area (Å²) in [6, 6.07) is 3.94. The number of guanidine groups is 1. The molecule has 0 aromatic heterocycles. The average Bonchev–Trinajstić information content (AvgIpc) is 2.87. The number of hydrogen-bond donors (Lipinski definition) is 1. The van der Waals surface area contributed by atoms with Crippen LogP contribution in [0.1, 0.15) is 25.5 Å². The van der Waals surface area contributed by atoms with Crippen molar-refractivity contribution in [3.8, 4) is 17.2 Å². The molecule has 1 aliphatic rings. The maximum absolute atomic E-state index is 6.02. The minimum Gasteiger partial charge on any atom is -0.496 e. The number of hydrogen-bond acceptors (Lipinski definition) is 6. The molecule has 6 nitrogen and oxygen atoms in total. The highest BCUT2D eigenvalue weighted by atomic mass is 16.5. The highest BCUT2D eigenvalue weighted by molar-refractivity contribution is 5.81. The van der Waals surface area contributed by atoms with Gasteiger partial charge in [0, 0.05) is 18.2 Å². The first-order valence-corrected chi connectivity index (χ1v) is 6.91. The van der Waals surface area contributed by atoms with Gasteiger partial charge in [0.05, 0.1) is 39.5 Å². The molecule has 0 bridgehead atoms. The second kappa shape index (κ2) is 6.11. The Morgan fingerprint density at radius 2 is 1.71 bits per heavy atom. The molecule has 6 heteroatoms. The molecule has 0 radical (unpaired) electrons. The van der Waals surface area contributed by atoms with E-state index in [1.165, 1.54) is 0 Å². The summed E-state index contributed by atoms with van der Waals surface area (Å²) in [4.78, 5) is 6.44. The predicted octanol–water partition coefficient (Wildman–Crippen LogP) is 1.79. The smallest absolute Gasteiger partial charge is 0.192 e. The van der Waals surface area contributed by atoms with Crippen molar-refractivity contribution in [1.29, 1.82) is 0 Å². The first kappa shape index (κ1) is 15.3. The van der Waals surface area contributed by atoms with Crippen LogP contribution in [0.4, 0.5) is 0 Å². The largest absolute Gasteiger partial charge is 0.496 e. The zero-order valence-electron chi connectivity index (χ0n) is 13.2. The van der Waals surface area contributed by atoms with Gasteiger partial charge >= 0.3 is 0 Å². The monoisotopic (exact) mass is 293 g/mol. The maximum Gasteiger partial charge on any atom is 0.192 e. The first-order chi connectivity index (χ1) is 10.0. The van der Waals surface area contributed by atoms with E-state index in [1.54, 1.807) is 21.3 Å². The Morgan fingerprint density at radius 1 is 1.14 bits per heavy atom. The SMILES string of the molecule is COc1cc(OC)c(C2CN=C(N)N2C(C)C)c(OC)c1. The van der Waals surface area contributed by atoms with Crippen LogP contribution in [0, 0.1) is 0 Å². The topological polar surface area (TPSA) is 69.3 Å². The molecule has 1 aromatic carbocycles. The number of nitrogens with two attached hydrogens (primary N) is 1. The summed E-state index contributed by atoms with van der Waals surface area (Å²) in [6.45, 7) is 4.76. The van der Waals surface area contributed by atoms with E-state index in [9.17, 15) is 0 Å². The molecule has 0 amide bonds. The molecular weight excluding hydrogens is 270 g/mol. The van der Waals surface area contributed by atoms with E-state index in [1.807, 2.05) is 12.1 Å². The van der Waals surface area contributed by atoms with Gasteiger partial charge in [0.1, 0.15) is 17.2 Å². The molecule has 21 heavy (non-hydrogen) atoms. The van der Waals surface area contributed by atoms with Crippen molar-refractivity contribution >= 4 is 5.96 Å². The molecule has 0 saturated heterocycles. The zero-order chi connectivity index (χ0) is 15.6. The van der Waals surface area contributed by atoms with Gasteiger partial charge in [0.2, 0.25) is 0 Å². The van der Waals surface area contributed by atoms with Crippen molar-refractivity contribution in [1.82, 2.24) is 4.90 Å². The second-order valence-electron chi connectivity index (χ2n) is 5.16. The number of benzene rings is 1. The lowest BCUT2D eigenvalue weighted by Crippen LogP contribution is -2.41. The van der Waals surface area contributed by atoms with Gasteiger partial charge in [0.25, 0.3) is 0 Å². The third-order valence-corrected chi connectivity index (χ3v) is 3.67. The summed E-state index contributed by atoms with van der Waals surface area (Å²) in [5.74, 6) is 2.67. The van der Waals surface area contributed by atoms with Crippen molar-refractivity contribution in [2.24, 2.45) is 10.7 Å². The molecule has 1 aliphatic heterocycles. The van der Waals surface area contributed by atoms with Gasteiger partial charge in [-0.25, -0.2) is 0 Å². The fourth-order valence-electron chi connectivity index (χ4n) is 2.73. The highest BCUT2D eigenvalue weighted by Gasteiger charge is 2.34. The molecule has 1 heterocycles. The molecule has 0 spiro atoms. The fourth-order valence-corrected chi connectivity index (χ4v) is 2.73. The molecule has 0 saturated carbocycles. The summed E-state index contributed by atoms with van der Waals surface area (Å²) < 4.78 is 16.3. The van der Waals surface area contributed by atoms with Crippen LogP contribution in [0.25, 0.3) is 0 Å². The summed E-state index contributed by atoms with van der Waals surface area (Å²) in [5, 5.41) is 0. The highest BCUT2D eigenvalue weighted by Crippen LogP contribution is 2.42. The Labute approximate surface area is 125 Å². The Kier molecular flexibility index (Phi) is 4.45. The van der Waals surface area contributed by atoms with E-state index in [2.05, 4.69) is 23.7 Å². The molecular formula is C15H23N3O3. The molecule has 0 aliphatic carbocycles. The molecule has 116 valence electrons. The van der Waals surface area contributed by atoms with Crippen LogP contribution in [0.15, 0.2) is 17.1 Å². The van der Waals surface area contributed by atoms with Crippen LogP contribution < -0.4 is 19.9 Å². The van der Waals surface area contributed by atoms with Gasteiger partial charge in [-0.3, -0.25) is 4.99 Å².